The molecule has 0 aliphatic heterocycles. The van der Waals surface area contributed by atoms with Crippen molar-refractivity contribution in [3.8, 4) is 0 Å². The van der Waals surface area contributed by atoms with Crippen molar-refractivity contribution in [2.45, 2.75) is 45.8 Å². The summed E-state index contributed by atoms with van der Waals surface area (Å²) < 4.78 is 26.9. The van der Waals surface area contributed by atoms with Gasteiger partial charge in [-0.15, -0.1) is 0 Å². The molecule has 1 N–H and O–H groups in total. The highest BCUT2D eigenvalue weighted by Crippen LogP contribution is 2.24. The minimum atomic E-state index is -3.78. The first-order chi connectivity index (χ1) is 15.4. The molecule has 10 heteroatoms. The van der Waals surface area contributed by atoms with Crippen molar-refractivity contribution >= 4 is 55.1 Å². The maximum Gasteiger partial charge on any atom is 0.244 e. The van der Waals surface area contributed by atoms with Crippen LogP contribution in [-0.4, -0.2) is 50.0 Å². The number of hydrogen-bond acceptors (Lipinski definition) is 4. The number of carbonyl (C=O) groups excluding carboxylic acids is 2. The van der Waals surface area contributed by atoms with Gasteiger partial charge in [-0.2, -0.15) is 0 Å². The van der Waals surface area contributed by atoms with Crippen molar-refractivity contribution < 1.29 is 18.0 Å². The molecule has 0 aromatic heterocycles. The average molecular weight is 559 g/mol. The van der Waals surface area contributed by atoms with E-state index in [4.69, 9.17) is 11.6 Å². The van der Waals surface area contributed by atoms with Gasteiger partial charge in [0.25, 0.3) is 0 Å². The lowest BCUT2D eigenvalue weighted by Crippen LogP contribution is -2.53. The molecule has 0 saturated carbocycles. The molecule has 7 nitrogen and oxygen atoms in total. The van der Waals surface area contributed by atoms with Crippen molar-refractivity contribution in [2.75, 3.05) is 17.1 Å². The highest BCUT2D eigenvalue weighted by Gasteiger charge is 2.32. The first-order valence-corrected chi connectivity index (χ1v) is 13.5. The van der Waals surface area contributed by atoms with Crippen molar-refractivity contribution in [1.29, 1.82) is 0 Å². The van der Waals surface area contributed by atoms with Crippen LogP contribution in [0.1, 0.15) is 32.8 Å². The van der Waals surface area contributed by atoms with Crippen LogP contribution >= 0.6 is 27.5 Å². The van der Waals surface area contributed by atoms with Crippen molar-refractivity contribution in [3.05, 3.63) is 63.6 Å². The molecule has 1 atom stereocenters. The fraction of sp³-hybridized carbons (Fsp3) is 0.391. The van der Waals surface area contributed by atoms with Gasteiger partial charge in [0.1, 0.15) is 12.6 Å². The summed E-state index contributed by atoms with van der Waals surface area (Å²) in [7, 11) is -3.78. The average Bonchev–Trinajstić information content (AvgIpc) is 2.71. The topological polar surface area (TPSA) is 86.8 Å². The van der Waals surface area contributed by atoms with Crippen LogP contribution < -0.4 is 9.62 Å². The minimum Gasteiger partial charge on any atom is -0.352 e. The number of hydrogen-bond donors (Lipinski definition) is 1. The normalized spacial score (nSPS) is 12.3. The van der Waals surface area contributed by atoms with E-state index in [1.54, 1.807) is 55.5 Å². The van der Waals surface area contributed by atoms with Crippen LogP contribution in [0.2, 0.25) is 5.02 Å². The highest BCUT2D eigenvalue weighted by molar-refractivity contribution is 9.10. The van der Waals surface area contributed by atoms with E-state index in [0.29, 0.717) is 27.2 Å². The number of benzene rings is 2. The van der Waals surface area contributed by atoms with Crippen molar-refractivity contribution in [3.63, 3.8) is 0 Å². The SMILES string of the molecule is CCC(C(=O)NC(C)C)N(Cc1ccccc1Cl)C(=O)CN(c1cccc(Br)c1)S(C)(=O)=O. The maximum absolute atomic E-state index is 13.5. The Morgan fingerprint density at radius 2 is 1.79 bits per heavy atom. The van der Waals surface area contributed by atoms with Crippen LogP contribution in [0.25, 0.3) is 0 Å². The molecule has 2 rings (SSSR count). The summed E-state index contributed by atoms with van der Waals surface area (Å²) in [5.41, 5.74) is 1.01. The fourth-order valence-electron chi connectivity index (χ4n) is 3.36. The van der Waals surface area contributed by atoms with Crippen LogP contribution in [0.15, 0.2) is 53.0 Å². The summed E-state index contributed by atoms with van der Waals surface area (Å²) in [4.78, 5) is 27.9. The van der Waals surface area contributed by atoms with E-state index in [-0.39, 0.29) is 18.5 Å². The quantitative estimate of drug-likeness (QED) is 0.474. The Kier molecular flexibility index (Phi) is 9.75. The number of sulfonamides is 1. The molecular formula is C23H29BrClN3O4S. The Hall–Kier alpha value is -2.10. The standard InChI is InChI=1S/C23H29BrClN3O4S/c1-5-21(23(30)26-16(2)3)27(14-17-9-6-7-12-20(17)25)22(29)15-28(33(4,31)32)19-11-8-10-18(24)13-19/h6-13,16,21H,5,14-15H2,1-4H3,(H,26,30). The molecule has 2 aromatic carbocycles. The third-order valence-electron chi connectivity index (χ3n) is 4.89. The van der Waals surface area contributed by atoms with Gasteiger partial charge in [-0.3, -0.25) is 13.9 Å². The Balaban J connectivity index is 2.46. The molecule has 2 amide bonds. The van der Waals surface area contributed by atoms with E-state index >= 15 is 0 Å². The summed E-state index contributed by atoms with van der Waals surface area (Å²) in [6.07, 6.45) is 1.40. The first-order valence-electron chi connectivity index (χ1n) is 10.5. The van der Waals surface area contributed by atoms with E-state index in [0.717, 1.165) is 10.6 Å². The number of amides is 2. The lowest BCUT2D eigenvalue weighted by Gasteiger charge is -2.33. The van der Waals surface area contributed by atoms with E-state index < -0.39 is 28.5 Å². The molecule has 0 bridgehead atoms. The monoisotopic (exact) mass is 557 g/mol. The number of carbonyl (C=O) groups is 2. The number of halogens is 2. The van der Waals surface area contributed by atoms with Gasteiger partial charge >= 0.3 is 0 Å². The molecule has 0 heterocycles. The predicted molar refractivity (Wildman–Crippen MR) is 136 cm³/mol. The zero-order valence-corrected chi connectivity index (χ0v) is 22.2. The summed E-state index contributed by atoms with van der Waals surface area (Å²) in [5.74, 6) is -0.813. The van der Waals surface area contributed by atoms with E-state index in [1.807, 2.05) is 13.8 Å². The van der Waals surface area contributed by atoms with Crippen molar-refractivity contribution in [2.24, 2.45) is 0 Å². The third kappa shape index (κ3) is 7.72. The van der Waals surface area contributed by atoms with Gasteiger partial charge in [-0.25, -0.2) is 8.42 Å². The van der Waals surface area contributed by atoms with E-state index in [2.05, 4.69) is 21.2 Å². The summed E-state index contributed by atoms with van der Waals surface area (Å²) in [6.45, 7) is 5.09. The van der Waals surface area contributed by atoms with Gasteiger partial charge in [-0.1, -0.05) is 58.7 Å². The summed E-state index contributed by atoms with van der Waals surface area (Å²) in [5, 5.41) is 3.31. The second-order valence-corrected chi connectivity index (χ2v) is 11.2. The molecule has 0 aliphatic carbocycles. The molecule has 2 aromatic rings. The largest absolute Gasteiger partial charge is 0.352 e. The summed E-state index contributed by atoms with van der Waals surface area (Å²) in [6, 6.07) is 12.8. The molecule has 33 heavy (non-hydrogen) atoms. The molecule has 1 unspecified atom stereocenters. The molecule has 0 radical (unpaired) electrons. The fourth-order valence-corrected chi connectivity index (χ4v) is 4.78. The molecular weight excluding hydrogens is 530 g/mol. The predicted octanol–water partition coefficient (Wildman–Crippen LogP) is 4.20. The van der Waals surface area contributed by atoms with Crippen LogP contribution in [0.5, 0.6) is 0 Å². The molecule has 180 valence electrons. The van der Waals surface area contributed by atoms with Crippen LogP contribution in [0.4, 0.5) is 5.69 Å². The number of nitrogens with zero attached hydrogens (tertiary/aromatic N) is 2. The zero-order chi connectivity index (χ0) is 24.8. The smallest absolute Gasteiger partial charge is 0.244 e. The van der Waals surface area contributed by atoms with Gasteiger partial charge in [0, 0.05) is 22.1 Å². The number of nitrogens with one attached hydrogen (secondary N) is 1. The Morgan fingerprint density at radius 3 is 2.33 bits per heavy atom. The zero-order valence-electron chi connectivity index (χ0n) is 19.1. The third-order valence-corrected chi connectivity index (χ3v) is 6.89. The summed E-state index contributed by atoms with van der Waals surface area (Å²) >= 11 is 9.66. The molecule has 0 aliphatic rings. The molecule has 0 spiro atoms. The highest BCUT2D eigenvalue weighted by atomic mass is 79.9. The van der Waals surface area contributed by atoms with Gasteiger partial charge in [0.05, 0.1) is 11.9 Å². The lowest BCUT2D eigenvalue weighted by atomic mass is 10.1. The Bertz CT molecular complexity index is 1090. The van der Waals surface area contributed by atoms with Crippen LogP contribution in [0, 0.1) is 0 Å². The number of rotatable bonds is 10. The lowest BCUT2D eigenvalue weighted by molar-refractivity contribution is -0.140. The second kappa shape index (κ2) is 11.9. The van der Waals surface area contributed by atoms with Crippen molar-refractivity contribution in [1.82, 2.24) is 10.2 Å². The van der Waals surface area contributed by atoms with Crippen LogP contribution in [0.3, 0.4) is 0 Å². The molecule has 0 saturated heterocycles. The van der Waals surface area contributed by atoms with Gasteiger partial charge in [-0.05, 0) is 50.1 Å². The Morgan fingerprint density at radius 1 is 1.12 bits per heavy atom. The van der Waals surface area contributed by atoms with Gasteiger partial charge in [0.2, 0.25) is 21.8 Å². The van der Waals surface area contributed by atoms with E-state index in [9.17, 15) is 18.0 Å². The minimum absolute atomic E-state index is 0.0681. The Labute approximate surface area is 209 Å². The number of anilines is 1. The molecule has 0 fully saturated rings. The van der Waals surface area contributed by atoms with Gasteiger partial charge < -0.3 is 10.2 Å². The maximum atomic E-state index is 13.5. The second-order valence-electron chi connectivity index (χ2n) is 7.95. The van der Waals surface area contributed by atoms with E-state index in [1.165, 1.54) is 4.90 Å². The first kappa shape index (κ1) is 27.1. The van der Waals surface area contributed by atoms with Gasteiger partial charge in [0.15, 0.2) is 0 Å². The van der Waals surface area contributed by atoms with Crippen LogP contribution in [-0.2, 0) is 26.2 Å².